The number of thiazole rings is 1. The lowest BCUT2D eigenvalue weighted by molar-refractivity contribution is 0.136. The maximum atomic E-state index is 5.57. The number of fused-ring (bicyclic) bond motifs is 1. The molecule has 1 aliphatic rings. The van der Waals surface area contributed by atoms with Crippen LogP contribution in [0, 0.1) is 0 Å². The van der Waals surface area contributed by atoms with Crippen molar-refractivity contribution in [2.24, 2.45) is 0 Å². The van der Waals surface area contributed by atoms with Crippen molar-refractivity contribution in [1.82, 2.24) is 20.0 Å². The van der Waals surface area contributed by atoms with Crippen molar-refractivity contribution < 1.29 is 4.52 Å². The van der Waals surface area contributed by atoms with Gasteiger partial charge in [-0.3, -0.25) is 4.90 Å². The SMILES string of the molecule is CC(c1nc(-c2ccccc2)no1)N1CCC(c2nc3ccccc3s2)CC1. The highest BCUT2D eigenvalue weighted by Gasteiger charge is 2.29. The molecule has 28 heavy (non-hydrogen) atoms. The van der Waals surface area contributed by atoms with E-state index in [2.05, 4.69) is 46.2 Å². The molecule has 0 amide bonds. The Morgan fingerprint density at radius 3 is 2.54 bits per heavy atom. The average Bonchev–Trinajstić information content (AvgIpc) is 3.41. The summed E-state index contributed by atoms with van der Waals surface area (Å²) in [7, 11) is 0. The number of benzene rings is 2. The molecule has 1 unspecified atom stereocenters. The molecule has 0 bridgehead atoms. The largest absolute Gasteiger partial charge is 0.337 e. The molecule has 0 N–H and O–H groups in total. The van der Waals surface area contributed by atoms with Crippen LogP contribution in [0.25, 0.3) is 21.6 Å². The monoisotopic (exact) mass is 390 g/mol. The lowest BCUT2D eigenvalue weighted by atomic mass is 9.96. The van der Waals surface area contributed by atoms with E-state index in [1.54, 1.807) is 0 Å². The summed E-state index contributed by atoms with van der Waals surface area (Å²) in [6.45, 7) is 4.19. The minimum Gasteiger partial charge on any atom is -0.337 e. The third-order valence-corrected chi connectivity index (χ3v) is 6.77. The van der Waals surface area contributed by atoms with E-state index in [1.807, 2.05) is 41.7 Å². The average molecular weight is 391 g/mol. The van der Waals surface area contributed by atoms with Crippen LogP contribution in [0.4, 0.5) is 0 Å². The Bertz CT molecular complexity index is 1030. The van der Waals surface area contributed by atoms with Crippen LogP contribution in [0.2, 0.25) is 0 Å². The van der Waals surface area contributed by atoms with E-state index in [-0.39, 0.29) is 6.04 Å². The van der Waals surface area contributed by atoms with Gasteiger partial charge in [-0.25, -0.2) is 4.98 Å². The first kappa shape index (κ1) is 17.5. The standard InChI is InChI=1S/C22H22N4OS/c1-15(21-24-20(25-27-21)16-7-3-2-4-8-16)26-13-11-17(12-14-26)22-23-18-9-5-6-10-19(18)28-22/h2-10,15,17H,11-14H2,1H3. The Kier molecular flexibility index (Phi) is 4.66. The topological polar surface area (TPSA) is 55.1 Å². The van der Waals surface area contributed by atoms with Crippen LogP contribution in [0.5, 0.6) is 0 Å². The fourth-order valence-electron chi connectivity index (χ4n) is 3.86. The fourth-order valence-corrected chi connectivity index (χ4v) is 5.00. The van der Waals surface area contributed by atoms with Crippen LogP contribution in [-0.2, 0) is 0 Å². The number of rotatable bonds is 4. The second-order valence-corrected chi connectivity index (χ2v) is 8.39. The number of piperidine rings is 1. The van der Waals surface area contributed by atoms with E-state index in [4.69, 9.17) is 9.51 Å². The van der Waals surface area contributed by atoms with Crippen molar-refractivity contribution in [2.75, 3.05) is 13.1 Å². The van der Waals surface area contributed by atoms with Crippen molar-refractivity contribution >= 4 is 21.6 Å². The Hall–Kier alpha value is -2.57. The zero-order chi connectivity index (χ0) is 18.9. The van der Waals surface area contributed by atoms with E-state index in [1.165, 1.54) is 9.71 Å². The molecule has 5 nitrogen and oxygen atoms in total. The molecule has 2 aromatic heterocycles. The molecule has 0 saturated carbocycles. The molecule has 1 saturated heterocycles. The van der Waals surface area contributed by atoms with Gasteiger partial charge in [0.2, 0.25) is 11.7 Å². The van der Waals surface area contributed by atoms with E-state index < -0.39 is 0 Å². The molecule has 0 spiro atoms. The smallest absolute Gasteiger partial charge is 0.244 e. The number of para-hydroxylation sites is 1. The molecule has 2 aromatic carbocycles. The van der Waals surface area contributed by atoms with Gasteiger partial charge in [0, 0.05) is 11.5 Å². The van der Waals surface area contributed by atoms with E-state index in [9.17, 15) is 0 Å². The van der Waals surface area contributed by atoms with E-state index in [0.29, 0.717) is 17.6 Å². The minimum atomic E-state index is 0.126. The molecule has 6 heteroatoms. The zero-order valence-electron chi connectivity index (χ0n) is 15.8. The van der Waals surface area contributed by atoms with Crippen molar-refractivity contribution in [3.63, 3.8) is 0 Å². The third kappa shape index (κ3) is 3.34. The summed E-state index contributed by atoms with van der Waals surface area (Å²) in [5.41, 5.74) is 2.11. The van der Waals surface area contributed by atoms with Gasteiger partial charge < -0.3 is 4.52 Å². The van der Waals surface area contributed by atoms with Crippen LogP contribution in [-0.4, -0.2) is 33.1 Å². The molecule has 1 aliphatic heterocycles. The highest BCUT2D eigenvalue weighted by atomic mass is 32.1. The summed E-state index contributed by atoms with van der Waals surface area (Å²) in [5.74, 6) is 1.90. The first-order valence-electron chi connectivity index (χ1n) is 9.76. The summed E-state index contributed by atoms with van der Waals surface area (Å²) >= 11 is 1.84. The quantitative estimate of drug-likeness (QED) is 0.474. The van der Waals surface area contributed by atoms with Gasteiger partial charge in [0.05, 0.1) is 21.3 Å². The van der Waals surface area contributed by atoms with Crippen molar-refractivity contribution in [3.05, 3.63) is 65.5 Å². The van der Waals surface area contributed by atoms with Gasteiger partial charge in [0.1, 0.15) is 0 Å². The zero-order valence-corrected chi connectivity index (χ0v) is 16.6. The molecule has 0 aliphatic carbocycles. The Labute approximate surface area is 168 Å². The van der Waals surface area contributed by atoms with Gasteiger partial charge in [-0.2, -0.15) is 4.98 Å². The first-order valence-corrected chi connectivity index (χ1v) is 10.6. The number of hydrogen-bond acceptors (Lipinski definition) is 6. The summed E-state index contributed by atoms with van der Waals surface area (Å²) in [4.78, 5) is 11.9. The van der Waals surface area contributed by atoms with Crippen molar-refractivity contribution in [3.8, 4) is 11.4 Å². The molecule has 4 aromatic rings. The lowest BCUT2D eigenvalue weighted by Gasteiger charge is -2.33. The third-order valence-electron chi connectivity index (χ3n) is 5.57. The summed E-state index contributed by atoms with van der Waals surface area (Å²) in [6, 6.07) is 18.5. The predicted octanol–water partition coefficient (Wildman–Crippen LogP) is 5.29. The van der Waals surface area contributed by atoms with E-state index >= 15 is 0 Å². The maximum absolute atomic E-state index is 5.57. The molecular weight excluding hydrogens is 368 g/mol. The summed E-state index contributed by atoms with van der Waals surface area (Å²) in [6.07, 6.45) is 2.23. The van der Waals surface area contributed by atoms with Gasteiger partial charge in [-0.05, 0) is 45.0 Å². The predicted molar refractivity (Wildman–Crippen MR) is 111 cm³/mol. The van der Waals surface area contributed by atoms with Gasteiger partial charge >= 0.3 is 0 Å². The highest BCUT2D eigenvalue weighted by Crippen LogP contribution is 2.35. The van der Waals surface area contributed by atoms with Crippen LogP contribution in [0.1, 0.15) is 42.6 Å². The molecule has 0 radical (unpaired) electrons. The maximum Gasteiger partial charge on any atom is 0.244 e. The lowest BCUT2D eigenvalue weighted by Crippen LogP contribution is -2.35. The summed E-state index contributed by atoms with van der Waals surface area (Å²) < 4.78 is 6.86. The Morgan fingerprint density at radius 1 is 1.00 bits per heavy atom. The number of likely N-dealkylation sites (tertiary alicyclic amines) is 1. The van der Waals surface area contributed by atoms with Crippen LogP contribution < -0.4 is 0 Å². The molecule has 3 heterocycles. The first-order chi connectivity index (χ1) is 13.8. The molecule has 5 rings (SSSR count). The van der Waals surface area contributed by atoms with Crippen molar-refractivity contribution in [1.29, 1.82) is 0 Å². The molecule has 142 valence electrons. The highest BCUT2D eigenvalue weighted by molar-refractivity contribution is 7.18. The van der Waals surface area contributed by atoms with E-state index in [0.717, 1.165) is 37.0 Å². The summed E-state index contributed by atoms with van der Waals surface area (Å²) in [5, 5.41) is 5.44. The van der Waals surface area contributed by atoms with Gasteiger partial charge in [-0.15, -0.1) is 11.3 Å². The second kappa shape index (κ2) is 7.45. The number of hydrogen-bond donors (Lipinski definition) is 0. The van der Waals surface area contributed by atoms with Crippen molar-refractivity contribution in [2.45, 2.75) is 31.7 Å². The van der Waals surface area contributed by atoms with Gasteiger partial charge in [0.15, 0.2) is 0 Å². The Balaban J connectivity index is 1.26. The number of nitrogens with zero attached hydrogens (tertiary/aromatic N) is 4. The molecule has 1 fully saturated rings. The minimum absolute atomic E-state index is 0.126. The number of aromatic nitrogens is 3. The van der Waals surface area contributed by atoms with Crippen LogP contribution in [0.15, 0.2) is 59.1 Å². The normalized spacial score (nSPS) is 17.2. The second-order valence-electron chi connectivity index (χ2n) is 7.33. The van der Waals surface area contributed by atoms with Crippen LogP contribution >= 0.6 is 11.3 Å². The fraction of sp³-hybridized carbons (Fsp3) is 0.318. The Morgan fingerprint density at radius 2 is 1.75 bits per heavy atom. The van der Waals surface area contributed by atoms with Gasteiger partial charge in [0.25, 0.3) is 0 Å². The van der Waals surface area contributed by atoms with Crippen LogP contribution in [0.3, 0.4) is 0 Å². The molecular formula is C22H22N4OS. The molecule has 1 atom stereocenters. The van der Waals surface area contributed by atoms with Gasteiger partial charge in [-0.1, -0.05) is 47.6 Å².